The first-order chi connectivity index (χ1) is 9.90. The minimum Gasteiger partial charge on any atom is -0.507 e. The number of nitrogens with one attached hydrogen (secondary N) is 1. The quantitative estimate of drug-likeness (QED) is 0.768. The fraction of sp³-hybridized carbons (Fsp3) is 0. The largest absolute Gasteiger partial charge is 0.507 e. The second-order valence-electron chi connectivity index (χ2n) is 4.08. The first-order valence-electron chi connectivity index (χ1n) is 5.72. The molecular weight excluding hydrogens is 362 g/mol. The number of benzene rings is 2. The molecule has 7 heteroatoms. The third kappa shape index (κ3) is 3.34. The van der Waals surface area contributed by atoms with E-state index in [-0.39, 0.29) is 27.6 Å². The molecule has 2 aromatic rings. The van der Waals surface area contributed by atoms with Crippen LogP contribution in [0.3, 0.4) is 0 Å². The molecule has 0 fully saturated rings. The van der Waals surface area contributed by atoms with Crippen LogP contribution < -0.4 is 5.32 Å². The Bertz CT molecular complexity index is 733. The highest BCUT2D eigenvalue weighted by atomic mass is 79.9. The van der Waals surface area contributed by atoms with Gasteiger partial charge in [0, 0.05) is 9.50 Å². The van der Waals surface area contributed by atoms with Crippen LogP contribution in [0.25, 0.3) is 0 Å². The van der Waals surface area contributed by atoms with E-state index in [9.17, 15) is 14.7 Å². The van der Waals surface area contributed by atoms with Gasteiger partial charge >= 0.3 is 5.97 Å². The number of aromatic carboxylic acids is 1. The summed E-state index contributed by atoms with van der Waals surface area (Å²) in [5.41, 5.74) is -0.0109. The molecule has 0 aliphatic carbocycles. The third-order valence-corrected chi connectivity index (χ3v) is 3.58. The van der Waals surface area contributed by atoms with Crippen molar-refractivity contribution in [2.24, 2.45) is 0 Å². The van der Waals surface area contributed by atoms with Crippen molar-refractivity contribution in [1.82, 2.24) is 0 Å². The minimum absolute atomic E-state index is 0.0467. The van der Waals surface area contributed by atoms with Crippen LogP contribution in [0.15, 0.2) is 40.9 Å². The highest BCUT2D eigenvalue weighted by Gasteiger charge is 2.18. The molecule has 2 rings (SSSR count). The zero-order chi connectivity index (χ0) is 15.6. The van der Waals surface area contributed by atoms with Gasteiger partial charge in [-0.3, -0.25) is 4.79 Å². The lowest BCUT2D eigenvalue weighted by molar-refractivity contribution is 0.0698. The van der Waals surface area contributed by atoms with Crippen LogP contribution in [-0.4, -0.2) is 22.1 Å². The summed E-state index contributed by atoms with van der Waals surface area (Å²) in [7, 11) is 0. The molecule has 0 spiro atoms. The molecule has 0 bridgehead atoms. The van der Waals surface area contributed by atoms with E-state index in [1.165, 1.54) is 24.3 Å². The number of phenols is 1. The second kappa shape index (κ2) is 6.15. The lowest BCUT2D eigenvalue weighted by Crippen LogP contribution is -2.15. The number of para-hydroxylation sites is 1. The molecule has 0 unspecified atom stereocenters. The number of hydrogen-bond acceptors (Lipinski definition) is 3. The summed E-state index contributed by atoms with van der Waals surface area (Å²) < 4.78 is 0.414. The van der Waals surface area contributed by atoms with E-state index >= 15 is 0 Å². The van der Waals surface area contributed by atoms with Crippen molar-refractivity contribution in [2.45, 2.75) is 0 Å². The highest BCUT2D eigenvalue weighted by molar-refractivity contribution is 9.10. The highest BCUT2D eigenvalue weighted by Crippen LogP contribution is 2.29. The van der Waals surface area contributed by atoms with Crippen LogP contribution in [0.2, 0.25) is 5.02 Å². The number of aromatic hydroxyl groups is 1. The zero-order valence-electron chi connectivity index (χ0n) is 10.4. The van der Waals surface area contributed by atoms with E-state index in [0.29, 0.717) is 4.47 Å². The number of phenolic OH excluding ortho intramolecular Hbond substituents is 1. The summed E-state index contributed by atoms with van der Waals surface area (Å²) in [6.07, 6.45) is 0. The summed E-state index contributed by atoms with van der Waals surface area (Å²) in [5, 5.41) is 21.6. The number of amides is 1. The van der Waals surface area contributed by atoms with Crippen molar-refractivity contribution in [3.8, 4) is 5.75 Å². The van der Waals surface area contributed by atoms with Crippen LogP contribution in [0.1, 0.15) is 20.7 Å². The van der Waals surface area contributed by atoms with E-state index < -0.39 is 11.9 Å². The number of hydrogen-bond donors (Lipinski definition) is 3. The van der Waals surface area contributed by atoms with Crippen molar-refractivity contribution in [3.05, 3.63) is 57.0 Å². The zero-order valence-corrected chi connectivity index (χ0v) is 12.8. The monoisotopic (exact) mass is 369 g/mol. The maximum atomic E-state index is 12.2. The molecule has 21 heavy (non-hydrogen) atoms. The molecule has 108 valence electrons. The van der Waals surface area contributed by atoms with E-state index in [1.807, 2.05) is 0 Å². The molecule has 1 amide bonds. The predicted molar refractivity (Wildman–Crippen MR) is 82.2 cm³/mol. The van der Waals surface area contributed by atoms with Gasteiger partial charge in [-0.2, -0.15) is 0 Å². The Morgan fingerprint density at radius 3 is 2.52 bits per heavy atom. The number of carbonyl (C=O) groups excluding carboxylic acids is 1. The average molecular weight is 371 g/mol. The van der Waals surface area contributed by atoms with Gasteiger partial charge in [-0.05, 0) is 46.3 Å². The first kappa shape index (κ1) is 15.3. The molecular formula is C14H9BrClNO4. The molecule has 0 aliphatic rings. The smallest absolute Gasteiger partial charge is 0.337 e. The fourth-order valence-corrected chi connectivity index (χ4v) is 2.34. The van der Waals surface area contributed by atoms with E-state index in [4.69, 9.17) is 16.7 Å². The van der Waals surface area contributed by atoms with E-state index in [2.05, 4.69) is 21.2 Å². The summed E-state index contributed by atoms with van der Waals surface area (Å²) in [4.78, 5) is 23.3. The van der Waals surface area contributed by atoms with Gasteiger partial charge < -0.3 is 15.5 Å². The summed E-state index contributed by atoms with van der Waals surface area (Å²) in [6.45, 7) is 0. The molecule has 0 aliphatic heterocycles. The maximum Gasteiger partial charge on any atom is 0.337 e. The molecule has 0 saturated heterocycles. The Labute approximate surface area is 133 Å². The van der Waals surface area contributed by atoms with Crippen LogP contribution >= 0.6 is 27.5 Å². The SMILES string of the molecule is O=C(Nc1c(Br)cccc1C(=O)O)c1cc(Cl)ccc1O. The Morgan fingerprint density at radius 2 is 1.86 bits per heavy atom. The number of rotatable bonds is 3. The Kier molecular flexibility index (Phi) is 4.50. The summed E-state index contributed by atoms with van der Waals surface area (Å²) in [5.74, 6) is -2.09. The van der Waals surface area contributed by atoms with Gasteiger partial charge in [-0.25, -0.2) is 4.79 Å². The molecule has 0 radical (unpaired) electrons. The van der Waals surface area contributed by atoms with Crippen molar-refractivity contribution in [3.63, 3.8) is 0 Å². The Balaban J connectivity index is 2.41. The molecule has 2 aromatic carbocycles. The predicted octanol–water partition coefficient (Wildman–Crippen LogP) is 3.76. The molecule has 3 N–H and O–H groups in total. The van der Waals surface area contributed by atoms with Gasteiger partial charge in [-0.1, -0.05) is 17.7 Å². The van der Waals surface area contributed by atoms with Crippen molar-refractivity contribution in [2.75, 3.05) is 5.32 Å². The molecule has 0 atom stereocenters. The Morgan fingerprint density at radius 1 is 1.14 bits per heavy atom. The van der Waals surface area contributed by atoms with Gasteiger partial charge in [0.2, 0.25) is 0 Å². The van der Waals surface area contributed by atoms with Crippen molar-refractivity contribution >= 4 is 45.1 Å². The number of carboxylic acid groups (broad SMARTS) is 1. The van der Waals surface area contributed by atoms with Crippen molar-refractivity contribution < 1.29 is 19.8 Å². The van der Waals surface area contributed by atoms with Crippen LogP contribution in [0.4, 0.5) is 5.69 Å². The van der Waals surface area contributed by atoms with Crippen molar-refractivity contribution in [1.29, 1.82) is 0 Å². The van der Waals surface area contributed by atoms with Gasteiger partial charge in [0.05, 0.1) is 16.8 Å². The molecule has 0 heterocycles. The lowest BCUT2D eigenvalue weighted by atomic mass is 10.1. The topological polar surface area (TPSA) is 86.6 Å². The first-order valence-corrected chi connectivity index (χ1v) is 6.89. The maximum absolute atomic E-state index is 12.2. The van der Waals surface area contributed by atoms with Crippen LogP contribution in [0, 0.1) is 0 Å². The third-order valence-electron chi connectivity index (χ3n) is 2.69. The Hall–Kier alpha value is -2.05. The van der Waals surface area contributed by atoms with Gasteiger partial charge in [0.1, 0.15) is 5.75 Å². The number of carboxylic acids is 1. The lowest BCUT2D eigenvalue weighted by Gasteiger charge is -2.11. The molecule has 0 saturated carbocycles. The van der Waals surface area contributed by atoms with E-state index in [0.717, 1.165) is 0 Å². The number of carbonyl (C=O) groups is 2. The van der Waals surface area contributed by atoms with Gasteiger partial charge in [0.25, 0.3) is 5.91 Å². The standard InChI is InChI=1S/C14H9BrClNO4/c15-10-3-1-2-8(14(20)21)12(10)17-13(19)9-6-7(16)4-5-11(9)18/h1-6,18H,(H,17,19)(H,20,21). The number of halogens is 2. The normalized spacial score (nSPS) is 10.2. The minimum atomic E-state index is -1.18. The molecule has 5 nitrogen and oxygen atoms in total. The van der Waals surface area contributed by atoms with Gasteiger partial charge in [0.15, 0.2) is 0 Å². The second-order valence-corrected chi connectivity index (χ2v) is 5.37. The molecule has 0 aromatic heterocycles. The van der Waals surface area contributed by atoms with Crippen LogP contribution in [0.5, 0.6) is 5.75 Å². The van der Waals surface area contributed by atoms with Crippen LogP contribution in [-0.2, 0) is 0 Å². The average Bonchev–Trinajstić information content (AvgIpc) is 2.43. The fourth-order valence-electron chi connectivity index (χ4n) is 1.70. The summed E-state index contributed by atoms with van der Waals surface area (Å²) in [6, 6.07) is 8.52. The number of anilines is 1. The van der Waals surface area contributed by atoms with Gasteiger partial charge in [-0.15, -0.1) is 0 Å². The summed E-state index contributed by atoms with van der Waals surface area (Å²) >= 11 is 8.97. The van der Waals surface area contributed by atoms with E-state index in [1.54, 1.807) is 12.1 Å².